The highest BCUT2D eigenvalue weighted by Crippen LogP contribution is 2.14. The summed E-state index contributed by atoms with van der Waals surface area (Å²) < 4.78 is 8.44. The highest BCUT2D eigenvalue weighted by molar-refractivity contribution is 5.92. The summed E-state index contributed by atoms with van der Waals surface area (Å²) in [7, 11) is 0. The Labute approximate surface area is 103 Å². The van der Waals surface area contributed by atoms with Crippen molar-refractivity contribution in [2.24, 2.45) is 0 Å². The van der Waals surface area contributed by atoms with Crippen molar-refractivity contribution in [1.29, 1.82) is 0 Å². The highest BCUT2D eigenvalue weighted by atomic mass is 16.6. The first kappa shape index (κ1) is 12.4. The molecule has 1 aromatic heterocycles. The van der Waals surface area contributed by atoms with Gasteiger partial charge in [0.05, 0.1) is 0 Å². The molecule has 100 valence electrons. The van der Waals surface area contributed by atoms with E-state index in [0.717, 1.165) is 6.08 Å². The number of fused-ring (bicyclic) bond motifs is 1. The first-order chi connectivity index (χ1) is 8.91. The van der Waals surface area contributed by atoms with Crippen LogP contribution >= 0.6 is 0 Å². The van der Waals surface area contributed by atoms with Crippen molar-refractivity contribution < 1.29 is 29.5 Å². The highest BCUT2D eigenvalue weighted by Gasteiger charge is 2.24. The summed E-state index contributed by atoms with van der Waals surface area (Å²) in [6, 6.07) is 0. The van der Waals surface area contributed by atoms with Gasteiger partial charge in [-0.15, -0.1) is 0 Å². The molecule has 2 rings (SSSR count). The molecule has 10 heteroatoms. The molecule has 2 N–H and O–H groups in total. The van der Waals surface area contributed by atoms with Gasteiger partial charge in [0.15, 0.2) is 0 Å². The van der Waals surface area contributed by atoms with Crippen LogP contribution in [0.5, 0.6) is 5.88 Å². The number of hydrogen-bond donors (Lipinski definition) is 2. The van der Waals surface area contributed by atoms with Crippen molar-refractivity contribution in [3.05, 3.63) is 38.6 Å². The maximum atomic E-state index is 11.6. The van der Waals surface area contributed by atoms with Crippen LogP contribution < -0.4 is 16.0 Å². The lowest BCUT2D eigenvalue weighted by Gasteiger charge is -2.10. The lowest BCUT2D eigenvalue weighted by Crippen LogP contribution is -2.41. The maximum Gasteiger partial charge on any atom is 0.400 e. The van der Waals surface area contributed by atoms with Gasteiger partial charge in [-0.2, -0.15) is 0 Å². The van der Waals surface area contributed by atoms with Gasteiger partial charge in [-0.25, -0.2) is 14.4 Å². The van der Waals surface area contributed by atoms with Gasteiger partial charge in [-0.3, -0.25) is 4.79 Å². The Balaban J connectivity index is 2.72. The van der Waals surface area contributed by atoms with Crippen LogP contribution in [0.4, 0.5) is 0 Å². The minimum atomic E-state index is -1.54. The molecule has 0 aliphatic carbocycles. The Morgan fingerprint density at radius 1 is 1.00 bits per heavy atom. The van der Waals surface area contributed by atoms with E-state index in [1.807, 2.05) is 0 Å². The van der Waals surface area contributed by atoms with Gasteiger partial charge >= 0.3 is 17.6 Å². The minimum Gasteiger partial charge on any atom is -0.457 e. The van der Waals surface area contributed by atoms with Crippen LogP contribution in [0.25, 0.3) is 0 Å². The molecule has 0 saturated heterocycles. The lowest BCUT2D eigenvalue weighted by molar-refractivity contribution is -0.139. The second-order valence-corrected chi connectivity index (χ2v) is 3.36. The first-order valence-corrected chi connectivity index (χ1v) is 4.78. The molecule has 0 aromatic carbocycles. The fourth-order valence-corrected chi connectivity index (χ4v) is 1.30. The molecular formula is C9H6N2O8. The molecule has 0 bridgehead atoms. The molecule has 0 spiro atoms. The van der Waals surface area contributed by atoms with E-state index in [1.165, 1.54) is 0 Å². The van der Waals surface area contributed by atoms with E-state index in [1.54, 1.807) is 0 Å². The smallest absolute Gasteiger partial charge is 0.400 e. The number of nitrogens with zero attached hydrogens (tertiary/aromatic N) is 2. The molecule has 0 atom stereocenters. The van der Waals surface area contributed by atoms with E-state index in [9.17, 15) is 24.4 Å². The molecule has 10 nitrogen and oxygen atoms in total. The van der Waals surface area contributed by atoms with Gasteiger partial charge in [0.25, 0.3) is 11.4 Å². The number of cyclic esters (lactones) is 1. The van der Waals surface area contributed by atoms with Crippen molar-refractivity contribution in [1.82, 2.24) is 9.46 Å². The zero-order chi connectivity index (χ0) is 14.2. The fraction of sp³-hybridized carbons (Fsp3) is 0.111. The molecule has 1 aliphatic heterocycles. The van der Waals surface area contributed by atoms with Crippen LogP contribution in [-0.4, -0.2) is 31.8 Å². The summed E-state index contributed by atoms with van der Waals surface area (Å²) in [6.45, 7) is -0.702. The van der Waals surface area contributed by atoms with Crippen LogP contribution in [0, 0.1) is 0 Å². The summed E-state index contributed by atoms with van der Waals surface area (Å²) in [5, 5.41) is 18.5. The first-order valence-electron chi connectivity index (χ1n) is 4.78. The zero-order valence-corrected chi connectivity index (χ0v) is 9.10. The number of carbonyl (C=O) groups is 2. The standard InChI is InChI=1S/C9H6N2O8/c12-5-1-2-6(13)19-8-4(3-18-5)7(14)10(16)9(15)11(8)17/h1-2,16-17H,3H2/b2-1-. The topological polar surface area (TPSA) is 137 Å². The molecule has 19 heavy (non-hydrogen) atoms. The van der Waals surface area contributed by atoms with E-state index in [2.05, 4.69) is 9.47 Å². The number of aromatic nitrogens is 2. The van der Waals surface area contributed by atoms with E-state index in [-0.39, 0.29) is 4.73 Å². The average Bonchev–Trinajstić information content (AvgIpc) is 2.45. The van der Waals surface area contributed by atoms with Crippen molar-refractivity contribution >= 4 is 11.9 Å². The van der Waals surface area contributed by atoms with Gasteiger partial charge in [0.2, 0.25) is 0 Å². The fourth-order valence-electron chi connectivity index (χ4n) is 1.30. The maximum absolute atomic E-state index is 11.6. The molecule has 0 radical (unpaired) electrons. The molecule has 0 fully saturated rings. The molecule has 0 unspecified atom stereocenters. The summed E-state index contributed by atoms with van der Waals surface area (Å²) in [6.07, 6.45) is 1.43. The minimum absolute atomic E-state index is 0.248. The van der Waals surface area contributed by atoms with Gasteiger partial charge in [-0.05, 0) is 0 Å². The second-order valence-electron chi connectivity index (χ2n) is 3.36. The van der Waals surface area contributed by atoms with E-state index in [0.29, 0.717) is 6.08 Å². The van der Waals surface area contributed by atoms with Crippen molar-refractivity contribution in [2.75, 3.05) is 0 Å². The molecule has 2 heterocycles. The monoisotopic (exact) mass is 270 g/mol. The predicted molar refractivity (Wildman–Crippen MR) is 53.9 cm³/mol. The van der Waals surface area contributed by atoms with E-state index in [4.69, 9.17) is 5.21 Å². The Morgan fingerprint density at radius 3 is 2.32 bits per heavy atom. The Morgan fingerprint density at radius 2 is 1.63 bits per heavy atom. The third-order valence-corrected chi connectivity index (χ3v) is 2.17. The van der Waals surface area contributed by atoms with Crippen LogP contribution in [0.3, 0.4) is 0 Å². The number of ether oxygens (including phenoxy) is 2. The van der Waals surface area contributed by atoms with Crippen LogP contribution in [0.1, 0.15) is 5.56 Å². The predicted octanol–water partition coefficient (Wildman–Crippen LogP) is -2.00. The number of carbonyl (C=O) groups excluding carboxylic acids is 2. The van der Waals surface area contributed by atoms with Gasteiger partial charge in [-0.1, -0.05) is 9.46 Å². The lowest BCUT2D eigenvalue weighted by atomic mass is 10.3. The molecular weight excluding hydrogens is 264 g/mol. The second kappa shape index (κ2) is 4.33. The van der Waals surface area contributed by atoms with Gasteiger partial charge < -0.3 is 19.9 Å². The molecule has 1 aliphatic rings. The van der Waals surface area contributed by atoms with Crippen molar-refractivity contribution in [3.63, 3.8) is 0 Å². The normalized spacial score (nSPS) is 16.4. The number of esters is 2. The SMILES string of the molecule is O=C1/C=C\C(=O)Oc2c(c(=O)n(O)c(=O)n2O)CO1. The quantitative estimate of drug-likeness (QED) is 0.408. The Hall–Kier alpha value is -3.04. The largest absolute Gasteiger partial charge is 0.457 e. The summed E-state index contributed by atoms with van der Waals surface area (Å²) >= 11 is 0. The van der Waals surface area contributed by atoms with Gasteiger partial charge in [0.1, 0.15) is 12.2 Å². The average molecular weight is 270 g/mol. The van der Waals surface area contributed by atoms with E-state index < -0.39 is 46.0 Å². The zero-order valence-electron chi connectivity index (χ0n) is 9.10. The summed E-state index contributed by atoms with van der Waals surface area (Å²) in [5.74, 6) is -2.88. The van der Waals surface area contributed by atoms with Gasteiger partial charge in [0, 0.05) is 12.2 Å². The number of rotatable bonds is 0. The van der Waals surface area contributed by atoms with Crippen LogP contribution in [0.15, 0.2) is 21.7 Å². The van der Waals surface area contributed by atoms with Crippen molar-refractivity contribution in [2.45, 2.75) is 6.61 Å². The molecule has 0 amide bonds. The third kappa shape index (κ3) is 2.06. The summed E-state index contributed by atoms with van der Waals surface area (Å²) in [5.41, 5.74) is -3.39. The molecule has 0 saturated carbocycles. The Bertz CT molecular complexity index is 710. The number of hydrogen-bond acceptors (Lipinski definition) is 8. The van der Waals surface area contributed by atoms with Crippen LogP contribution in [0.2, 0.25) is 0 Å². The molecule has 1 aromatic rings. The summed E-state index contributed by atoms with van der Waals surface area (Å²) in [4.78, 5) is 45.1. The van der Waals surface area contributed by atoms with Crippen molar-refractivity contribution in [3.8, 4) is 5.88 Å². The van der Waals surface area contributed by atoms with E-state index >= 15 is 0 Å². The third-order valence-electron chi connectivity index (χ3n) is 2.17. The van der Waals surface area contributed by atoms with Crippen LogP contribution in [-0.2, 0) is 20.9 Å². The Kier molecular flexibility index (Phi) is 2.83.